The molecule has 3 atom stereocenters. The van der Waals surface area contributed by atoms with Gasteiger partial charge in [-0.25, -0.2) is 4.39 Å². The molecule has 12 heteroatoms. The largest absolute Gasteiger partial charge is 0.435 e. The van der Waals surface area contributed by atoms with Crippen LogP contribution >= 0.6 is 0 Å². The van der Waals surface area contributed by atoms with Gasteiger partial charge in [0.1, 0.15) is 13.1 Å². The van der Waals surface area contributed by atoms with E-state index in [1.54, 1.807) is 0 Å². The van der Waals surface area contributed by atoms with Crippen LogP contribution in [-0.2, 0) is 26.5 Å². The van der Waals surface area contributed by atoms with Gasteiger partial charge in [0.15, 0.2) is 0 Å². The van der Waals surface area contributed by atoms with Gasteiger partial charge < -0.3 is 4.90 Å². The summed E-state index contributed by atoms with van der Waals surface area (Å²) in [6.45, 7) is -0.516. The minimum absolute atomic E-state index is 0.0827. The monoisotopic (exact) mass is 480 g/mol. The first-order valence-corrected chi connectivity index (χ1v) is 10.3. The summed E-state index contributed by atoms with van der Waals surface area (Å²) < 4.78 is 93.1. The number of hydrogen-bond donors (Lipinski definition) is 1. The van der Waals surface area contributed by atoms with Crippen molar-refractivity contribution in [2.45, 2.75) is 49.6 Å². The topological polar surface area (TPSA) is 66.5 Å². The second kappa shape index (κ2) is 7.69. The van der Waals surface area contributed by atoms with Crippen molar-refractivity contribution in [3.05, 3.63) is 34.9 Å². The van der Waals surface area contributed by atoms with E-state index < -0.39 is 41.3 Å². The number of carbonyl (C=O) groups is 3. The van der Waals surface area contributed by atoms with Crippen molar-refractivity contribution in [1.29, 1.82) is 0 Å². The Hall–Kier alpha value is -2.66. The van der Waals surface area contributed by atoms with Gasteiger partial charge in [-0.2, -0.15) is 26.3 Å². The molecule has 0 spiro atoms. The summed E-state index contributed by atoms with van der Waals surface area (Å²) in [5, 5.41) is 2.10. The number of imide groups is 1. The first-order chi connectivity index (χ1) is 15.2. The lowest BCUT2D eigenvalue weighted by Gasteiger charge is -2.35. The average molecular weight is 480 g/mol. The number of halogens is 7. The molecule has 0 unspecified atom stereocenters. The molecule has 3 amide bonds. The van der Waals surface area contributed by atoms with Gasteiger partial charge in [0.05, 0.1) is 0 Å². The molecule has 1 aliphatic heterocycles. The summed E-state index contributed by atoms with van der Waals surface area (Å²) in [6, 6.07) is 2.25. The molecule has 33 heavy (non-hydrogen) atoms. The van der Waals surface area contributed by atoms with E-state index >= 15 is 0 Å². The Morgan fingerprint density at radius 2 is 1.52 bits per heavy atom. The van der Waals surface area contributed by atoms with Crippen molar-refractivity contribution in [2.24, 2.45) is 11.8 Å². The van der Waals surface area contributed by atoms with Gasteiger partial charge in [-0.3, -0.25) is 19.7 Å². The van der Waals surface area contributed by atoms with E-state index in [0.29, 0.717) is 37.0 Å². The number of hydrogen-bond acceptors (Lipinski definition) is 3. The third-order valence-corrected chi connectivity index (χ3v) is 6.87. The number of nitrogens with one attached hydrogen (secondary N) is 1. The summed E-state index contributed by atoms with van der Waals surface area (Å²) in [5.74, 6) is -2.62. The molecule has 0 aromatic heterocycles. The number of piperazine rings is 1. The lowest BCUT2D eigenvalue weighted by molar-refractivity contribution is -0.348. The zero-order chi connectivity index (χ0) is 24.3. The molecule has 0 radical (unpaired) electrons. The highest BCUT2D eigenvalue weighted by Gasteiger charge is 2.73. The lowest BCUT2D eigenvalue weighted by Crippen LogP contribution is -2.55. The lowest BCUT2D eigenvalue weighted by atomic mass is 9.73. The third kappa shape index (κ3) is 3.76. The van der Waals surface area contributed by atoms with Crippen molar-refractivity contribution in [2.75, 3.05) is 13.1 Å². The minimum atomic E-state index is -6.18. The van der Waals surface area contributed by atoms with Gasteiger partial charge in [0.2, 0.25) is 17.7 Å². The van der Waals surface area contributed by atoms with E-state index in [-0.39, 0.29) is 42.8 Å². The number of rotatable bonds is 2. The van der Waals surface area contributed by atoms with Gasteiger partial charge in [-0.15, -0.1) is 0 Å². The Balaban J connectivity index is 1.60. The molecule has 1 N–H and O–H groups in total. The highest BCUT2D eigenvalue weighted by atomic mass is 19.4. The van der Waals surface area contributed by atoms with Crippen LogP contribution in [0.1, 0.15) is 41.9 Å². The molecule has 1 saturated heterocycles. The van der Waals surface area contributed by atoms with Crippen molar-refractivity contribution < 1.29 is 45.1 Å². The predicted octanol–water partition coefficient (Wildman–Crippen LogP) is 3.52. The van der Waals surface area contributed by atoms with E-state index in [1.165, 1.54) is 0 Å². The Labute approximate surface area is 183 Å². The molecule has 0 bridgehead atoms. The first-order valence-electron chi connectivity index (χ1n) is 10.3. The van der Waals surface area contributed by atoms with Gasteiger partial charge in [0.25, 0.3) is 0 Å². The van der Waals surface area contributed by atoms with Gasteiger partial charge in [-0.05, 0) is 48.6 Å². The number of fused-ring (bicyclic) bond motifs is 3. The number of aryl methyl sites for hydroxylation is 1. The van der Waals surface area contributed by atoms with Crippen LogP contribution in [0.25, 0.3) is 0 Å². The molecule has 2 fully saturated rings. The zero-order valence-electron chi connectivity index (χ0n) is 17.0. The zero-order valence-corrected chi connectivity index (χ0v) is 17.0. The molecule has 4 rings (SSSR count). The van der Waals surface area contributed by atoms with Crippen LogP contribution in [0, 0.1) is 11.8 Å². The number of nitrogens with zero attached hydrogens (tertiary/aromatic N) is 1. The second-order valence-electron chi connectivity index (χ2n) is 8.73. The third-order valence-electron chi connectivity index (χ3n) is 6.87. The molecule has 5 nitrogen and oxygen atoms in total. The van der Waals surface area contributed by atoms with Gasteiger partial charge in [-0.1, -0.05) is 18.2 Å². The van der Waals surface area contributed by atoms with Crippen LogP contribution in [0.5, 0.6) is 0 Å². The van der Waals surface area contributed by atoms with Crippen LogP contribution in [0.4, 0.5) is 30.7 Å². The maximum Gasteiger partial charge on any atom is 0.435 e. The van der Waals surface area contributed by atoms with E-state index in [4.69, 9.17) is 0 Å². The molecule has 180 valence electrons. The van der Waals surface area contributed by atoms with Crippen LogP contribution in [0.3, 0.4) is 0 Å². The van der Waals surface area contributed by atoms with Gasteiger partial charge in [0, 0.05) is 11.5 Å². The average Bonchev–Trinajstić information content (AvgIpc) is 3.14. The highest BCUT2D eigenvalue weighted by molar-refractivity contribution is 6.02. The molecular weight excluding hydrogens is 461 g/mol. The maximum atomic E-state index is 14.5. The van der Waals surface area contributed by atoms with Crippen LogP contribution in [0.2, 0.25) is 0 Å². The van der Waals surface area contributed by atoms with E-state index in [2.05, 4.69) is 5.32 Å². The van der Waals surface area contributed by atoms with Crippen LogP contribution < -0.4 is 5.32 Å². The Morgan fingerprint density at radius 3 is 2.09 bits per heavy atom. The number of amides is 3. The number of carbonyl (C=O) groups excluding carboxylic acids is 3. The van der Waals surface area contributed by atoms with Gasteiger partial charge >= 0.3 is 18.0 Å². The molecule has 3 aliphatic rings. The molecule has 2 aliphatic carbocycles. The maximum absolute atomic E-state index is 14.5. The predicted molar refractivity (Wildman–Crippen MR) is 98.3 cm³/mol. The molecule has 1 aromatic carbocycles. The molecular formula is C21H19F7N2O3. The minimum Gasteiger partial charge on any atom is -0.324 e. The smallest absolute Gasteiger partial charge is 0.324 e. The fourth-order valence-corrected chi connectivity index (χ4v) is 5.40. The SMILES string of the molecule is O=C1CN(C(=O)[C@@H]2CC[C@H]3c4ccc(C(F)(C(F)(F)F)C(F)(F)F)cc4CC[C@@H]23)CC(=O)N1. The Kier molecular flexibility index (Phi) is 5.48. The fourth-order valence-electron chi connectivity index (χ4n) is 5.40. The van der Waals surface area contributed by atoms with E-state index in [0.717, 1.165) is 11.0 Å². The summed E-state index contributed by atoms with van der Waals surface area (Å²) >= 11 is 0. The number of benzene rings is 1. The molecule has 1 heterocycles. The van der Waals surface area contributed by atoms with Crippen molar-refractivity contribution in [3.63, 3.8) is 0 Å². The van der Waals surface area contributed by atoms with Crippen LogP contribution in [0.15, 0.2) is 18.2 Å². The van der Waals surface area contributed by atoms with Crippen LogP contribution in [-0.4, -0.2) is 48.1 Å². The summed E-state index contributed by atoms with van der Waals surface area (Å²) in [4.78, 5) is 37.3. The molecule has 1 aromatic rings. The summed E-state index contributed by atoms with van der Waals surface area (Å²) in [6.07, 6.45) is -11.1. The molecule has 1 saturated carbocycles. The Morgan fingerprint density at radius 1 is 0.909 bits per heavy atom. The van der Waals surface area contributed by atoms with E-state index in [1.807, 2.05) is 0 Å². The van der Waals surface area contributed by atoms with Crippen molar-refractivity contribution in [1.82, 2.24) is 10.2 Å². The van der Waals surface area contributed by atoms with Crippen molar-refractivity contribution >= 4 is 17.7 Å². The summed E-state index contributed by atoms with van der Waals surface area (Å²) in [5.41, 5.74) is -6.29. The number of alkyl halides is 7. The standard InChI is InChI=1S/C21H19F7N2O3/c22-19(20(23,24)25,21(26,27)28)11-2-4-12-10(7-11)1-3-14-13(12)5-6-15(14)18(33)30-8-16(31)29-17(32)9-30/h2,4,7,13-15H,1,3,5-6,8-9H2,(H,29,31,32)/t13-,14+,15+/m0/s1. The van der Waals surface area contributed by atoms with E-state index in [9.17, 15) is 45.1 Å². The quantitative estimate of drug-likeness (QED) is 0.521. The fraction of sp³-hybridized carbons (Fsp3) is 0.571. The normalized spacial score (nSPS) is 26.0. The second-order valence-corrected chi connectivity index (χ2v) is 8.73. The Bertz CT molecular complexity index is 975. The summed E-state index contributed by atoms with van der Waals surface area (Å²) in [7, 11) is 0. The van der Waals surface area contributed by atoms with Crippen molar-refractivity contribution in [3.8, 4) is 0 Å². The first kappa shape index (κ1) is 23.5. The highest BCUT2D eigenvalue weighted by Crippen LogP contribution is 2.55.